The number of nitrogens with two attached hydrogens (primary N) is 1. The first-order valence-corrected chi connectivity index (χ1v) is 7.68. The molecule has 0 unspecified atom stereocenters. The predicted molar refractivity (Wildman–Crippen MR) is 91.1 cm³/mol. The van der Waals surface area contributed by atoms with E-state index in [0.717, 1.165) is 36.6 Å². The molecule has 0 aliphatic carbocycles. The summed E-state index contributed by atoms with van der Waals surface area (Å²) in [6.07, 6.45) is 4.43. The van der Waals surface area contributed by atoms with Crippen molar-refractivity contribution in [3.8, 4) is 11.5 Å². The Morgan fingerprint density at radius 1 is 1.26 bits per heavy atom. The first-order chi connectivity index (χ1) is 11.2. The number of nitrogen functional groups attached to an aromatic ring is 1. The molecule has 0 saturated heterocycles. The van der Waals surface area contributed by atoms with Crippen LogP contribution in [0.3, 0.4) is 0 Å². The number of ether oxygens (including phenoxy) is 1. The lowest BCUT2D eigenvalue weighted by molar-refractivity contribution is 0.482. The second-order valence-corrected chi connectivity index (χ2v) is 5.66. The molecule has 7 heteroatoms. The van der Waals surface area contributed by atoms with Crippen molar-refractivity contribution in [1.82, 2.24) is 9.88 Å². The maximum Gasteiger partial charge on any atom is 0.151 e. The highest BCUT2D eigenvalue weighted by atomic mass is 35.5. The van der Waals surface area contributed by atoms with E-state index in [-0.39, 0.29) is 5.82 Å². The van der Waals surface area contributed by atoms with Gasteiger partial charge in [0.1, 0.15) is 22.4 Å². The summed E-state index contributed by atoms with van der Waals surface area (Å²) in [5.41, 5.74) is 7.55. The van der Waals surface area contributed by atoms with Gasteiger partial charge in [-0.05, 0) is 24.6 Å². The fourth-order valence-corrected chi connectivity index (χ4v) is 2.77. The van der Waals surface area contributed by atoms with E-state index in [1.807, 2.05) is 24.5 Å². The molecule has 0 amide bonds. The highest BCUT2D eigenvalue weighted by molar-refractivity contribution is 6.34. The number of benzene rings is 1. The second kappa shape index (κ2) is 5.55. The van der Waals surface area contributed by atoms with Gasteiger partial charge in [-0.1, -0.05) is 11.6 Å². The summed E-state index contributed by atoms with van der Waals surface area (Å²) in [5.74, 6) is 2.31. The Morgan fingerprint density at radius 2 is 2.17 bits per heavy atom. The summed E-state index contributed by atoms with van der Waals surface area (Å²) in [6.45, 7) is 1.76. The summed E-state index contributed by atoms with van der Waals surface area (Å²) in [6, 6.07) is 7.37. The monoisotopic (exact) mass is 327 g/mol. The van der Waals surface area contributed by atoms with Crippen LogP contribution in [-0.4, -0.2) is 35.1 Å². The molecule has 23 heavy (non-hydrogen) atoms. The number of amidine groups is 1. The van der Waals surface area contributed by atoms with Crippen molar-refractivity contribution in [3.05, 3.63) is 41.0 Å². The average Bonchev–Trinajstić information content (AvgIpc) is 2.59. The zero-order chi connectivity index (χ0) is 15.8. The summed E-state index contributed by atoms with van der Waals surface area (Å²) in [7, 11) is 0. The van der Waals surface area contributed by atoms with Gasteiger partial charge in [-0.15, -0.1) is 0 Å². The van der Waals surface area contributed by atoms with Crippen LogP contribution >= 0.6 is 11.6 Å². The highest BCUT2D eigenvalue weighted by Crippen LogP contribution is 2.35. The third-order valence-electron chi connectivity index (χ3n) is 3.74. The Balaban J connectivity index is 1.71. The summed E-state index contributed by atoms with van der Waals surface area (Å²) >= 11 is 6.13. The minimum absolute atomic E-state index is 0.245. The van der Waals surface area contributed by atoms with E-state index in [9.17, 15) is 0 Å². The van der Waals surface area contributed by atoms with E-state index in [2.05, 4.69) is 19.9 Å². The van der Waals surface area contributed by atoms with Crippen molar-refractivity contribution < 1.29 is 4.74 Å². The molecule has 0 atom stereocenters. The molecular formula is C16H14ClN5O. The van der Waals surface area contributed by atoms with E-state index in [1.54, 1.807) is 12.3 Å². The topological polar surface area (TPSA) is 76.1 Å². The number of nitrogens with zero attached hydrogens (tertiary/aromatic N) is 4. The van der Waals surface area contributed by atoms with Gasteiger partial charge in [0.05, 0.1) is 12.0 Å². The lowest BCUT2D eigenvalue weighted by Crippen LogP contribution is -2.36. The Kier molecular flexibility index (Phi) is 3.38. The number of rotatable bonds is 2. The molecule has 4 rings (SSSR count). The van der Waals surface area contributed by atoms with Crippen LogP contribution in [0.1, 0.15) is 12.0 Å². The molecule has 0 bridgehead atoms. The molecule has 1 aromatic heterocycles. The SMILES string of the molecule is Nc1nccc(Oc2ccc3c(c2)C2=NCCCN2C=N3)c1Cl. The number of anilines is 1. The molecule has 1 aromatic carbocycles. The van der Waals surface area contributed by atoms with Crippen LogP contribution in [0.5, 0.6) is 11.5 Å². The fourth-order valence-electron chi connectivity index (χ4n) is 2.62. The quantitative estimate of drug-likeness (QED) is 0.918. The Labute approximate surface area is 138 Å². The zero-order valence-corrected chi connectivity index (χ0v) is 13.0. The van der Waals surface area contributed by atoms with Crippen LogP contribution in [0.4, 0.5) is 11.5 Å². The molecule has 0 fully saturated rings. The van der Waals surface area contributed by atoms with Crippen molar-refractivity contribution in [2.45, 2.75) is 6.42 Å². The van der Waals surface area contributed by atoms with Gasteiger partial charge < -0.3 is 15.4 Å². The Hall–Kier alpha value is -2.60. The maximum absolute atomic E-state index is 6.13. The van der Waals surface area contributed by atoms with Gasteiger partial charge in [-0.25, -0.2) is 9.98 Å². The van der Waals surface area contributed by atoms with Crippen LogP contribution in [0.2, 0.25) is 5.02 Å². The first kappa shape index (κ1) is 14.0. The van der Waals surface area contributed by atoms with Gasteiger partial charge in [0.15, 0.2) is 5.75 Å². The number of hydrogen-bond donors (Lipinski definition) is 1. The molecule has 2 N–H and O–H groups in total. The van der Waals surface area contributed by atoms with Crippen LogP contribution in [-0.2, 0) is 0 Å². The van der Waals surface area contributed by atoms with E-state index >= 15 is 0 Å². The largest absolute Gasteiger partial charge is 0.456 e. The van der Waals surface area contributed by atoms with Crippen molar-refractivity contribution in [1.29, 1.82) is 0 Å². The smallest absolute Gasteiger partial charge is 0.151 e. The summed E-state index contributed by atoms with van der Waals surface area (Å²) in [4.78, 5) is 15.1. The number of fused-ring (bicyclic) bond motifs is 3. The maximum atomic E-state index is 6.13. The van der Waals surface area contributed by atoms with Crippen LogP contribution < -0.4 is 10.5 Å². The Bertz CT molecular complexity index is 833. The minimum atomic E-state index is 0.245. The second-order valence-electron chi connectivity index (χ2n) is 5.29. The molecule has 0 radical (unpaired) electrons. The van der Waals surface area contributed by atoms with Gasteiger partial charge in [0.25, 0.3) is 0 Å². The lowest BCUT2D eigenvalue weighted by atomic mass is 10.1. The fraction of sp³-hybridized carbons (Fsp3) is 0.188. The number of aromatic nitrogens is 1. The van der Waals surface area contributed by atoms with Crippen LogP contribution in [0, 0.1) is 0 Å². The third kappa shape index (κ3) is 2.51. The number of hydrogen-bond acceptors (Lipinski definition) is 6. The molecular weight excluding hydrogens is 314 g/mol. The van der Waals surface area contributed by atoms with Crippen molar-refractivity contribution in [3.63, 3.8) is 0 Å². The normalized spacial score (nSPS) is 15.7. The molecule has 2 aliphatic rings. The highest BCUT2D eigenvalue weighted by Gasteiger charge is 2.22. The van der Waals surface area contributed by atoms with E-state index in [0.29, 0.717) is 16.5 Å². The van der Waals surface area contributed by atoms with Crippen molar-refractivity contribution in [2.75, 3.05) is 18.8 Å². The average molecular weight is 328 g/mol. The predicted octanol–water partition coefficient (Wildman–Crippen LogP) is 3.24. The number of halogens is 1. The standard InChI is InChI=1S/C16H14ClN5O/c17-14-13(4-6-19-15(14)18)23-10-2-3-12-11(8-10)16-20-5-1-7-22(16)9-21-12/h2-4,6,8-9H,1,5,7H2,(H2,18,19). The van der Waals surface area contributed by atoms with E-state index in [1.165, 1.54) is 0 Å². The van der Waals surface area contributed by atoms with Crippen LogP contribution in [0.15, 0.2) is 40.4 Å². The molecule has 2 aromatic rings. The van der Waals surface area contributed by atoms with Crippen molar-refractivity contribution in [2.24, 2.45) is 9.98 Å². The van der Waals surface area contributed by atoms with E-state index in [4.69, 9.17) is 22.1 Å². The molecule has 2 aliphatic heterocycles. The molecule has 3 heterocycles. The lowest BCUT2D eigenvalue weighted by Gasteiger charge is -2.29. The molecule has 0 saturated carbocycles. The molecule has 116 valence electrons. The van der Waals surface area contributed by atoms with Gasteiger partial charge >= 0.3 is 0 Å². The van der Waals surface area contributed by atoms with Gasteiger partial charge in [-0.2, -0.15) is 0 Å². The number of pyridine rings is 1. The van der Waals surface area contributed by atoms with Gasteiger partial charge in [-0.3, -0.25) is 4.99 Å². The summed E-state index contributed by atoms with van der Waals surface area (Å²) < 4.78 is 5.86. The molecule has 0 spiro atoms. The first-order valence-electron chi connectivity index (χ1n) is 7.30. The van der Waals surface area contributed by atoms with Crippen molar-refractivity contribution >= 4 is 35.3 Å². The van der Waals surface area contributed by atoms with E-state index < -0.39 is 0 Å². The number of aliphatic imine (C=N–C) groups is 2. The zero-order valence-electron chi connectivity index (χ0n) is 12.2. The summed E-state index contributed by atoms with van der Waals surface area (Å²) in [5, 5.41) is 0.305. The molecule has 6 nitrogen and oxygen atoms in total. The minimum Gasteiger partial charge on any atom is -0.456 e. The van der Waals surface area contributed by atoms with Gasteiger partial charge in [0.2, 0.25) is 0 Å². The third-order valence-corrected chi connectivity index (χ3v) is 4.12. The van der Waals surface area contributed by atoms with Gasteiger partial charge in [0, 0.05) is 30.9 Å². The van der Waals surface area contributed by atoms with Crippen LogP contribution in [0.25, 0.3) is 0 Å². The Morgan fingerprint density at radius 3 is 3.09 bits per heavy atom.